The zero-order valence-corrected chi connectivity index (χ0v) is 10.0. The topological polar surface area (TPSA) is 80.4 Å². The van der Waals surface area contributed by atoms with Crippen molar-refractivity contribution in [1.29, 1.82) is 0 Å². The summed E-state index contributed by atoms with van der Waals surface area (Å²) >= 11 is 0. The summed E-state index contributed by atoms with van der Waals surface area (Å²) in [6.45, 7) is 0. The van der Waals surface area contributed by atoms with Gasteiger partial charge in [-0.15, -0.1) is 0 Å². The van der Waals surface area contributed by atoms with E-state index in [-0.39, 0.29) is 12.1 Å². The van der Waals surface area contributed by atoms with Crippen molar-refractivity contribution in [2.45, 2.75) is 19.3 Å². The van der Waals surface area contributed by atoms with Crippen molar-refractivity contribution in [2.75, 3.05) is 0 Å². The molecule has 0 amide bonds. The molecule has 5 nitrogen and oxygen atoms in total. The minimum atomic E-state index is -0.979. The van der Waals surface area contributed by atoms with Gasteiger partial charge in [0.05, 0.1) is 16.7 Å². The summed E-state index contributed by atoms with van der Waals surface area (Å²) in [6, 6.07) is 6.86. The molecule has 19 heavy (non-hydrogen) atoms. The van der Waals surface area contributed by atoms with Gasteiger partial charge in [0.2, 0.25) is 0 Å². The third-order valence-electron chi connectivity index (χ3n) is 3.60. The van der Waals surface area contributed by atoms with Gasteiger partial charge in [-0.05, 0) is 34.9 Å². The molecule has 0 heterocycles. The van der Waals surface area contributed by atoms with Gasteiger partial charge in [-0.3, -0.25) is 14.9 Å². The Labute approximate surface area is 108 Å². The standard InChI is InChI=1S/C14H11NO4/c16-12(17)7-10-4-3-8-1-2-9-5-6-11(15(18)19)14(10)13(8)9/h3-6H,1-2,7H2,(H,16,17). The highest BCUT2D eigenvalue weighted by molar-refractivity contribution is 6.00. The smallest absolute Gasteiger partial charge is 0.307 e. The van der Waals surface area contributed by atoms with E-state index in [2.05, 4.69) is 0 Å². The van der Waals surface area contributed by atoms with Gasteiger partial charge in [-0.2, -0.15) is 0 Å². The summed E-state index contributed by atoms with van der Waals surface area (Å²) in [6.07, 6.45) is 1.53. The average Bonchev–Trinajstić information content (AvgIpc) is 2.76. The third kappa shape index (κ3) is 1.74. The van der Waals surface area contributed by atoms with Crippen LogP contribution in [0, 0.1) is 10.1 Å². The normalized spacial score (nSPS) is 12.8. The van der Waals surface area contributed by atoms with Crippen LogP contribution in [-0.2, 0) is 24.1 Å². The van der Waals surface area contributed by atoms with Crippen LogP contribution in [0.15, 0.2) is 24.3 Å². The molecule has 0 spiro atoms. The lowest BCUT2D eigenvalue weighted by molar-refractivity contribution is -0.383. The Morgan fingerprint density at radius 3 is 2.37 bits per heavy atom. The molecule has 2 aromatic rings. The van der Waals surface area contributed by atoms with Crippen molar-refractivity contribution < 1.29 is 14.8 Å². The highest BCUT2D eigenvalue weighted by Gasteiger charge is 2.24. The Bertz CT molecular complexity index is 711. The van der Waals surface area contributed by atoms with Crippen molar-refractivity contribution in [3.05, 3.63) is 51.1 Å². The molecule has 0 aliphatic heterocycles. The molecule has 5 heteroatoms. The quantitative estimate of drug-likeness (QED) is 0.676. The fraction of sp³-hybridized carbons (Fsp3) is 0.214. The second kappa shape index (κ2) is 4.05. The van der Waals surface area contributed by atoms with E-state index in [1.165, 1.54) is 6.07 Å². The molecule has 96 valence electrons. The number of hydrogen-bond donors (Lipinski definition) is 1. The summed E-state index contributed by atoms with van der Waals surface area (Å²) < 4.78 is 0. The number of benzene rings is 2. The zero-order valence-electron chi connectivity index (χ0n) is 10.0. The Morgan fingerprint density at radius 1 is 1.16 bits per heavy atom. The minimum Gasteiger partial charge on any atom is -0.481 e. The second-order valence-electron chi connectivity index (χ2n) is 4.71. The number of nitro groups is 1. The molecule has 2 aromatic carbocycles. The number of carboxylic acids is 1. The predicted octanol–water partition coefficient (Wildman–Crippen LogP) is 2.47. The number of nitrogens with zero attached hydrogens (tertiary/aromatic N) is 1. The van der Waals surface area contributed by atoms with Gasteiger partial charge in [0.25, 0.3) is 5.69 Å². The molecule has 1 N–H and O–H groups in total. The fourth-order valence-corrected chi connectivity index (χ4v) is 2.84. The van der Waals surface area contributed by atoms with E-state index >= 15 is 0 Å². The molecule has 3 rings (SSSR count). The van der Waals surface area contributed by atoms with E-state index in [0.717, 1.165) is 29.4 Å². The van der Waals surface area contributed by atoms with Crippen LogP contribution in [0.1, 0.15) is 16.7 Å². The Morgan fingerprint density at radius 2 is 1.79 bits per heavy atom. The van der Waals surface area contributed by atoms with Crippen LogP contribution in [0.5, 0.6) is 0 Å². The Hall–Kier alpha value is -2.43. The number of carboxylic acid groups (broad SMARTS) is 1. The molecule has 0 atom stereocenters. The lowest BCUT2D eigenvalue weighted by Gasteiger charge is -2.08. The number of non-ortho nitro benzene ring substituents is 1. The third-order valence-corrected chi connectivity index (χ3v) is 3.60. The number of aliphatic carboxylic acids is 1. The first-order chi connectivity index (χ1) is 9.08. The van der Waals surface area contributed by atoms with Gasteiger partial charge >= 0.3 is 5.97 Å². The number of carbonyl (C=O) groups is 1. The summed E-state index contributed by atoms with van der Waals surface area (Å²) in [4.78, 5) is 21.6. The summed E-state index contributed by atoms with van der Waals surface area (Å²) in [5, 5.41) is 21.5. The van der Waals surface area contributed by atoms with Crippen LogP contribution in [0.2, 0.25) is 0 Å². The number of hydrogen-bond acceptors (Lipinski definition) is 3. The van der Waals surface area contributed by atoms with Gasteiger partial charge in [0.15, 0.2) is 0 Å². The molecule has 1 aliphatic carbocycles. The van der Waals surface area contributed by atoms with Crippen LogP contribution < -0.4 is 0 Å². The minimum absolute atomic E-state index is 0.00116. The molecule has 0 aromatic heterocycles. The molecule has 0 unspecified atom stereocenters. The molecular weight excluding hydrogens is 246 g/mol. The summed E-state index contributed by atoms with van der Waals surface area (Å²) in [7, 11) is 0. The van der Waals surface area contributed by atoms with Crippen LogP contribution in [0.4, 0.5) is 5.69 Å². The molecule has 0 saturated heterocycles. The largest absolute Gasteiger partial charge is 0.481 e. The van der Waals surface area contributed by atoms with Crippen molar-refractivity contribution in [1.82, 2.24) is 0 Å². The van der Waals surface area contributed by atoms with Gasteiger partial charge in [-0.1, -0.05) is 18.2 Å². The molecule has 0 saturated carbocycles. The van der Waals surface area contributed by atoms with Crippen molar-refractivity contribution in [3.8, 4) is 0 Å². The van der Waals surface area contributed by atoms with Gasteiger partial charge < -0.3 is 5.11 Å². The lowest BCUT2D eigenvalue weighted by Crippen LogP contribution is -2.02. The van der Waals surface area contributed by atoms with Crippen molar-refractivity contribution >= 4 is 22.4 Å². The first kappa shape index (κ1) is 11.6. The maximum Gasteiger partial charge on any atom is 0.307 e. The number of aryl methyl sites for hydroxylation is 2. The molecule has 0 fully saturated rings. The zero-order chi connectivity index (χ0) is 13.6. The monoisotopic (exact) mass is 257 g/mol. The second-order valence-corrected chi connectivity index (χ2v) is 4.71. The van der Waals surface area contributed by atoms with E-state index in [1.807, 2.05) is 6.07 Å². The van der Waals surface area contributed by atoms with E-state index < -0.39 is 10.9 Å². The maximum atomic E-state index is 11.2. The van der Waals surface area contributed by atoms with Crippen LogP contribution in [0.25, 0.3) is 10.8 Å². The molecule has 0 bridgehead atoms. The number of rotatable bonds is 3. The summed E-state index contributed by atoms with van der Waals surface area (Å²) in [5.74, 6) is -0.979. The molecular formula is C14H11NO4. The van der Waals surface area contributed by atoms with E-state index in [4.69, 9.17) is 5.11 Å². The van der Waals surface area contributed by atoms with Crippen LogP contribution in [0.3, 0.4) is 0 Å². The molecule has 1 aliphatic rings. The highest BCUT2D eigenvalue weighted by Crippen LogP contribution is 2.38. The van der Waals surface area contributed by atoms with E-state index in [9.17, 15) is 14.9 Å². The van der Waals surface area contributed by atoms with Crippen molar-refractivity contribution in [3.63, 3.8) is 0 Å². The van der Waals surface area contributed by atoms with Crippen LogP contribution in [-0.4, -0.2) is 16.0 Å². The van der Waals surface area contributed by atoms with Gasteiger partial charge in [0.1, 0.15) is 0 Å². The fourth-order valence-electron chi connectivity index (χ4n) is 2.84. The highest BCUT2D eigenvalue weighted by atomic mass is 16.6. The first-order valence-corrected chi connectivity index (χ1v) is 6.00. The summed E-state index contributed by atoms with van der Waals surface area (Å²) in [5.41, 5.74) is 2.66. The van der Waals surface area contributed by atoms with Gasteiger partial charge in [-0.25, -0.2) is 0 Å². The first-order valence-electron chi connectivity index (χ1n) is 6.00. The maximum absolute atomic E-state index is 11.2. The molecule has 0 radical (unpaired) electrons. The van der Waals surface area contributed by atoms with Crippen LogP contribution >= 0.6 is 0 Å². The average molecular weight is 257 g/mol. The Kier molecular flexibility index (Phi) is 2.48. The van der Waals surface area contributed by atoms with E-state index in [1.54, 1.807) is 12.1 Å². The van der Waals surface area contributed by atoms with Gasteiger partial charge in [0, 0.05) is 6.07 Å². The number of nitro benzene ring substituents is 1. The van der Waals surface area contributed by atoms with Crippen molar-refractivity contribution in [2.24, 2.45) is 0 Å². The van der Waals surface area contributed by atoms with E-state index in [0.29, 0.717) is 10.9 Å². The lowest BCUT2D eigenvalue weighted by atomic mass is 9.96. The Balaban J connectivity index is 2.39. The SMILES string of the molecule is O=C(O)Cc1ccc2c3c(ccc([N+](=O)[O-])c13)CC2. The predicted molar refractivity (Wildman–Crippen MR) is 69.4 cm³/mol.